The zero-order valence-electron chi connectivity index (χ0n) is 7.34. The third kappa shape index (κ3) is 1.12. The molecule has 0 saturated carbocycles. The minimum Gasteiger partial charge on any atom is -0.379 e. The minimum absolute atomic E-state index is 0.384. The first-order valence-electron chi connectivity index (χ1n) is 3.91. The maximum absolute atomic E-state index is 13.3. The molecule has 70 valence electrons. The number of nitrogens with zero attached hydrogens (tertiary/aromatic N) is 2. The first-order valence-corrected chi connectivity index (χ1v) is 4.73. The Labute approximate surface area is 83.8 Å². The largest absolute Gasteiger partial charge is 0.379 e. The van der Waals surface area contributed by atoms with E-state index in [1.54, 1.807) is 7.05 Å². The van der Waals surface area contributed by atoms with Crippen LogP contribution in [0.1, 0.15) is 5.56 Å². The van der Waals surface area contributed by atoms with Crippen molar-refractivity contribution in [3.63, 3.8) is 0 Å². The summed E-state index contributed by atoms with van der Waals surface area (Å²) in [5, 5.41) is 13.0. The monoisotopic (exact) mass is 207 g/mol. The highest BCUT2D eigenvalue weighted by atomic mass is 32.1. The number of pyridine rings is 1. The third-order valence-electron chi connectivity index (χ3n) is 1.89. The molecule has 3 nitrogen and oxygen atoms in total. The van der Waals surface area contributed by atoms with E-state index >= 15 is 0 Å². The lowest BCUT2D eigenvalue weighted by molar-refractivity contribution is 0.636. The summed E-state index contributed by atoms with van der Waals surface area (Å²) in [4.78, 5) is 3.72. The fourth-order valence-corrected chi connectivity index (χ4v) is 2.25. The topological polar surface area (TPSA) is 48.7 Å². The summed E-state index contributed by atoms with van der Waals surface area (Å²) in [5.41, 5.74) is 0.458. The van der Waals surface area contributed by atoms with Crippen molar-refractivity contribution < 1.29 is 4.39 Å². The molecule has 0 aliphatic rings. The van der Waals surface area contributed by atoms with Gasteiger partial charge in [-0.2, -0.15) is 5.26 Å². The molecule has 2 aromatic rings. The average Bonchev–Trinajstić information content (AvgIpc) is 2.57. The minimum atomic E-state index is -0.384. The maximum atomic E-state index is 13.3. The fraction of sp³-hybridized carbons (Fsp3) is 0.111. The van der Waals surface area contributed by atoms with Crippen molar-refractivity contribution in [1.82, 2.24) is 4.98 Å². The molecule has 0 radical (unpaired) electrons. The Hall–Kier alpha value is -1.67. The van der Waals surface area contributed by atoms with Gasteiger partial charge in [0, 0.05) is 18.6 Å². The molecular formula is C9H6FN3S. The summed E-state index contributed by atoms with van der Waals surface area (Å²) < 4.78 is 13.7. The van der Waals surface area contributed by atoms with Crippen LogP contribution in [-0.4, -0.2) is 12.0 Å². The fourth-order valence-electron chi connectivity index (χ4n) is 1.27. The van der Waals surface area contributed by atoms with Gasteiger partial charge >= 0.3 is 0 Å². The second-order valence-corrected chi connectivity index (χ2v) is 3.69. The van der Waals surface area contributed by atoms with Crippen molar-refractivity contribution in [2.75, 3.05) is 12.4 Å². The molecule has 0 atom stereocenters. The number of hydrogen-bond donors (Lipinski definition) is 1. The lowest BCUT2D eigenvalue weighted by atomic mass is 10.2. The Kier molecular flexibility index (Phi) is 2.06. The average molecular weight is 207 g/mol. The van der Waals surface area contributed by atoms with Gasteiger partial charge in [-0.25, -0.2) is 4.39 Å². The van der Waals surface area contributed by atoms with Crippen molar-refractivity contribution in [2.24, 2.45) is 0 Å². The van der Waals surface area contributed by atoms with E-state index < -0.39 is 0 Å². The molecule has 0 aromatic carbocycles. The molecule has 0 fully saturated rings. The van der Waals surface area contributed by atoms with Crippen LogP contribution in [0.4, 0.5) is 9.39 Å². The second-order valence-electron chi connectivity index (χ2n) is 2.67. The van der Waals surface area contributed by atoms with E-state index in [0.717, 1.165) is 6.20 Å². The molecule has 2 aromatic heterocycles. The van der Waals surface area contributed by atoms with Gasteiger partial charge in [0.05, 0.1) is 16.5 Å². The van der Waals surface area contributed by atoms with Crippen molar-refractivity contribution in [2.45, 2.75) is 0 Å². The maximum Gasteiger partial charge on any atom is 0.159 e. The molecule has 0 saturated heterocycles. The summed E-state index contributed by atoms with van der Waals surface area (Å²) in [7, 11) is 1.71. The Balaban J connectivity index is 2.88. The summed E-state index contributed by atoms with van der Waals surface area (Å²) >= 11 is 1.23. The highest BCUT2D eigenvalue weighted by molar-refractivity contribution is 7.23. The Bertz CT molecular complexity index is 527. The number of fused-ring (bicyclic) bond motifs is 1. The Morgan fingerprint density at radius 3 is 3.00 bits per heavy atom. The van der Waals surface area contributed by atoms with Gasteiger partial charge in [-0.3, -0.25) is 4.98 Å². The number of nitriles is 1. The van der Waals surface area contributed by atoms with E-state index in [1.165, 1.54) is 17.5 Å². The molecule has 2 heterocycles. The number of halogens is 1. The Morgan fingerprint density at radius 1 is 1.57 bits per heavy atom. The van der Waals surface area contributed by atoms with Gasteiger partial charge in [-0.15, -0.1) is 11.3 Å². The van der Waals surface area contributed by atoms with Crippen LogP contribution in [-0.2, 0) is 0 Å². The molecule has 5 heteroatoms. The first-order chi connectivity index (χ1) is 6.77. The van der Waals surface area contributed by atoms with Gasteiger partial charge in [-0.1, -0.05) is 0 Å². The summed E-state index contributed by atoms with van der Waals surface area (Å²) in [6.45, 7) is 0. The van der Waals surface area contributed by atoms with Crippen LogP contribution < -0.4 is 5.32 Å². The molecule has 0 amide bonds. The van der Waals surface area contributed by atoms with Crippen molar-refractivity contribution >= 4 is 26.4 Å². The number of hydrogen-bond acceptors (Lipinski definition) is 4. The smallest absolute Gasteiger partial charge is 0.159 e. The van der Waals surface area contributed by atoms with Gasteiger partial charge < -0.3 is 5.32 Å². The van der Waals surface area contributed by atoms with Crippen molar-refractivity contribution in [3.05, 3.63) is 23.8 Å². The van der Waals surface area contributed by atoms with E-state index in [9.17, 15) is 4.39 Å². The molecule has 0 bridgehead atoms. The molecule has 0 unspecified atom stereocenters. The van der Waals surface area contributed by atoms with E-state index in [2.05, 4.69) is 10.3 Å². The lowest BCUT2D eigenvalue weighted by Gasteiger charge is -1.91. The number of nitrogens with one attached hydrogen (secondary N) is 1. The summed E-state index contributed by atoms with van der Waals surface area (Å²) in [6.07, 6.45) is 2.66. The molecule has 0 spiro atoms. The molecule has 14 heavy (non-hydrogen) atoms. The predicted molar refractivity (Wildman–Crippen MR) is 53.8 cm³/mol. The van der Waals surface area contributed by atoms with Gasteiger partial charge in [0.2, 0.25) is 0 Å². The molecule has 2 rings (SSSR count). The van der Waals surface area contributed by atoms with Gasteiger partial charge in [-0.05, 0) is 0 Å². The van der Waals surface area contributed by atoms with Gasteiger partial charge in [0.1, 0.15) is 11.1 Å². The third-order valence-corrected chi connectivity index (χ3v) is 3.12. The first kappa shape index (κ1) is 8.91. The highest BCUT2D eigenvalue weighted by Gasteiger charge is 2.13. The van der Waals surface area contributed by atoms with Gasteiger partial charge in [0.25, 0.3) is 0 Å². The lowest BCUT2D eigenvalue weighted by Crippen LogP contribution is -1.86. The number of rotatable bonds is 1. The van der Waals surface area contributed by atoms with E-state index in [-0.39, 0.29) is 5.82 Å². The van der Waals surface area contributed by atoms with Crippen LogP contribution in [0.3, 0.4) is 0 Å². The normalized spacial score (nSPS) is 10.1. The van der Waals surface area contributed by atoms with Crippen LogP contribution in [0.15, 0.2) is 12.4 Å². The SMILES string of the molecule is CNc1sc2c(F)cncc2c1C#N. The van der Waals surface area contributed by atoms with Crippen LogP contribution in [0.5, 0.6) is 0 Å². The van der Waals surface area contributed by atoms with Crippen LogP contribution in [0.25, 0.3) is 10.1 Å². The number of anilines is 1. The Morgan fingerprint density at radius 2 is 2.36 bits per heavy atom. The zero-order chi connectivity index (χ0) is 10.1. The van der Waals surface area contributed by atoms with Crippen LogP contribution in [0, 0.1) is 17.1 Å². The molecule has 0 aliphatic carbocycles. The highest BCUT2D eigenvalue weighted by Crippen LogP contribution is 2.35. The molecule has 1 N–H and O–H groups in total. The van der Waals surface area contributed by atoms with Crippen molar-refractivity contribution in [3.8, 4) is 6.07 Å². The number of aromatic nitrogens is 1. The van der Waals surface area contributed by atoms with Crippen LogP contribution in [0.2, 0.25) is 0 Å². The number of thiophene rings is 1. The standard InChI is InChI=1S/C9H6FN3S/c1-12-9-5(2-11)6-3-13-4-7(10)8(6)14-9/h3-4,12H,1H3. The second kappa shape index (κ2) is 3.24. The summed E-state index contributed by atoms with van der Waals surface area (Å²) in [6, 6.07) is 2.04. The van der Waals surface area contributed by atoms with Gasteiger partial charge in [0.15, 0.2) is 5.82 Å². The quantitative estimate of drug-likeness (QED) is 0.780. The van der Waals surface area contributed by atoms with Crippen molar-refractivity contribution in [1.29, 1.82) is 5.26 Å². The summed E-state index contributed by atoms with van der Waals surface area (Å²) in [5.74, 6) is -0.384. The molecular weight excluding hydrogens is 201 g/mol. The van der Waals surface area contributed by atoms with E-state index in [1.807, 2.05) is 6.07 Å². The van der Waals surface area contributed by atoms with E-state index in [0.29, 0.717) is 20.7 Å². The zero-order valence-corrected chi connectivity index (χ0v) is 8.15. The van der Waals surface area contributed by atoms with E-state index in [4.69, 9.17) is 5.26 Å². The van der Waals surface area contributed by atoms with Crippen LogP contribution >= 0.6 is 11.3 Å². The predicted octanol–water partition coefficient (Wildman–Crippen LogP) is 2.35. The molecule has 0 aliphatic heterocycles.